The highest BCUT2D eigenvalue weighted by molar-refractivity contribution is 5.87. The summed E-state index contributed by atoms with van der Waals surface area (Å²) in [5.74, 6) is 0.222. The van der Waals surface area contributed by atoms with Gasteiger partial charge in [-0.2, -0.15) is 0 Å². The third-order valence-corrected chi connectivity index (χ3v) is 6.36. The third kappa shape index (κ3) is 4.12. The Bertz CT molecular complexity index is 1120. The Morgan fingerprint density at radius 3 is 2.06 bits per heavy atom. The predicted octanol–water partition coefficient (Wildman–Crippen LogP) is 7.25. The van der Waals surface area contributed by atoms with Crippen LogP contribution in [0.4, 0.5) is 5.69 Å². The van der Waals surface area contributed by atoms with E-state index in [2.05, 4.69) is 116 Å². The van der Waals surface area contributed by atoms with Crippen molar-refractivity contribution in [3.05, 3.63) is 101 Å². The van der Waals surface area contributed by atoms with Gasteiger partial charge in [-0.3, -0.25) is 0 Å². The first kappa shape index (κ1) is 21.2. The topological polar surface area (TPSA) is 8.17 Å². The maximum absolute atomic E-state index is 2.58. The van der Waals surface area contributed by atoms with Gasteiger partial charge in [0.1, 0.15) is 0 Å². The molecule has 2 heteroatoms. The minimum Gasteiger partial charge on any atom is -0.378 e. The van der Waals surface area contributed by atoms with Gasteiger partial charge in [0.25, 0.3) is 0 Å². The van der Waals surface area contributed by atoms with Crippen LogP contribution in [-0.4, -0.2) is 18.7 Å². The molecule has 0 saturated heterocycles. The lowest BCUT2D eigenvalue weighted by Crippen LogP contribution is -2.10. The first-order valence-electron chi connectivity index (χ1n) is 11.6. The van der Waals surface area contributed by atoms with E-state index in [1.807, 2.05) is 0 Å². The summed E-state index contributed by atoms with van der Waals surface area (Å²) in [7, 11) is 4.19. The first-order chi connectivity index (χ1) is 15.2. The molecule has 0 aliphatic rings. The average molecular weight is 411 g/mol. The van der Waals surface area contributed by atoms with Gasteiger partial charge in [0.2, 0.25) is 0 Å². The molecule has 3 aromatic carbocycles. The molecule has 160 valence electrons. The van der Waals surface area contributed by atoms with E-state index >= 15 is 0 Å². The van der Waals surface area contributed by atoms with Crippen LogP contribution in [0.3, 0.4) is 0 Å². The lowest BCUT2D eigenvalue weighted by Gasteiger charge is -2.22. The molecule has 1 atom stereocenters. The highest BCUT2D eigenvalue weighted by atomic mass is 15.1. The van der Waals surface area contributed by atoms with Crippen LogP contribution in [0.1, 0.15) is 55.0 Å². The number of para-hydroxylation sites is 1. The van der Waals surface area contributed by atoms with Gasteiger partial charge in [-0.15, -0.1) is 0 Å². The molecule has 31 heavy (non-hydrogen) atoms. The fourth-order valence-electron chi connectivity index (χ4n) is 4.79. The molecule has 0 aliphatic heterocycles. The van der Waals surface area contributed by atoms with Gasteiger partial charge >= 0.3 is 0 Å². The normalized spacial score (nSPS) is 12.3. The number of hydrogen-bond donors (Lipinski definition) is 0. The predicted molar refractivity (Wildman–Crippen MR) is 134 cm³/mol. The van der Waals surface area contributed by atoms with Crippen LogP contribution in [0.25, 0.3) is 10.9 Å². The molecule has 1 heterocycles. The molecular formula is C29H34N2. The lowest BCUT2D eigenvalue weighted by atomic mass is 9.83. The number of unbranched alkanes of at least 4 members (excludes halogenated alkanes) is 1. The molecule has 0 fully saturated rings. The zero-order valence-electron chi connectivity index (χ0n) is 19.3. The molecule has 0 aliphatic carbocycles. The fourth-order valence-corrected chi connectivity index (χ4v) is 4.79. The number of nitrogens with zero attached hydrogens (tertiary/aromatic N) is 2. The molecule has 0 spiro atoms. The second-order valence-corrected chi connectivity index (χ2v) is 8.57. The van der Waals surface area contributed by atoms with Crippen LogP contribution < -0.4 is 4.90 Å². The van der Waals surface area contributed by atoms with E-state index in [4.69, 9.17) is 0 Å². The third-order valence-electron chi connectivity index (χ3n) is 6.36. The summed E-state index contributed by atoms with van der Waals surface area (Å²) in [5, 5.41) is 1.39. The summed E-state index contributed by atoms with van der Waals surface area (Å²) in [4.78, 5) is 2.16. The van der Waals surface area contributed by atoms with Crippen molar-refractivity contribution < 1.29 is 0 Å². The standard InChI is InChI=1S/C29H34N2/c1-5-7-21-31-26(6-2)29(25-15-11-12-16-27(25)31)28(22-13-9-8-10-14-22)23-17-19-24(20-18-23)30(3)4/h8-20,28H,5-7,21H2,1-4H3. The van der Waals surface area contributed by atoms with Gasteiger partial charge in [-0.1, -0.05) is 80.9 Å². The monoisotopic (exact) mass is 410 g/mol. The minimum atomic E-state index is 0.222. The van der Waals surface area contributed by atoms with Crippen molar-refractivity contribution in [1.82, 2.24) is 4.57 Å². The van der Waals surface area contributed by atoms with E-state index in [1.165, 1.54) is 51.8 Å². The maximum atomic E-state index is 2.58. The number of hydrogen-bond acceptors (Lipinski definition) is 1. The highest BCUT2D eigenvalue weighted by Crippen LogP contribution is 2.40. The molecule has 0 amide bonds. The molecular weight excluding hydrogens is 376 g/mol. The van der Waals surface area contributed by atoms with Crippen molar-refractivity contribution in [3.63, 3.8) is 0 Å². The number of benzene rings is 3. The molecule has 0 bridgehead atoms. The molecule has 1 unspecified atom stereocenters. The number of aryl methyl sites for hydroxylation is 1. The van der Waals surface area contributed by atoms with Gasteiger partial charge in [-0.05, 0) is 47.7 Å². The second-order valence-electron chi connectivity index (χ2n) is 8.57. The Labute approximate surface area is 187 Å². The van der Waals surface area contributed by atoms with Crippen molar-refractivity contribution in [3.8, 4) is 0 Å². The summed E-state index contributed by atoms with van der Waals surface area (Å²) in [6, 6.07) is 29.1. The van der Waals surface area contributed by atoms with Crippen LogP contribution in [0.15, 0.2) is 78.9 Å². The summed E-state index contributed by atoms with van der Waals surface area (Å²) in [5.41, 5.74) is 8.25. The minimum absolute atomic E-state index is 0.222. The summed E-state index contributed by atoms with van der Waals surface area (Å²) < 4.78 is 2.58. The van der Waals surface area contributed by atoms with E-state index in [-0.39, 0.29) is 5.92 Å². The maximum Gasteiger partial charge on any atom is 0.0485 e. The van der Waals surface area contributed by atoms with E-state index < -0.39 is 0 Å². The van der Waals surface area contributed by atoms with Gasteiger partial charge in [0, 0.05) is 48.8 Å². The van der Waals surface area contributed by atoms with Crippen molar-refractivity contribution in [1.29, 1.82) is 0 Å². The summed E-state index contributed by atoms with van der Waals surface area (Å²) >= 11 is 0. The van der Waals surface area contributed by atoms with Crippen molar-refractivity contribution in [2.24, 2.45) is 0 Å². The molecule has 1 aromatic heterocycles. The SMILES string of the molecule is CCCCn1c(CC)c(C(c2ccccc2)c2ccc(N(C)C)cc2)c2ccccc21. The zero-order valence-corrected chi connectivity index (χ0v) is 19.3. The Morgan fingerprint density at radius 2 is 1.42 bits per heavy atom. The number of rotatable bonds is 8. The molecule has 4 rings (SSSR count). The second kappa shape index (κ2) is 9.43. The van der Waals surface area contributed by atoms with E-state index in [1.54, 1.807) is 0 Å². The molecule has 4 aromatic rings. The van der Waals surface area contributed by atoms with Crippen LogP contribution in [0.2, 0.25) is 0 Å². The van der Waals surface area contributed by atoms with Crippen molar-refractivity contribution in [2.45, 2.75) is 45.6 Å². The Balaban J connectivity index is 1.97. The van der Waals surface area contributed by atoms with E-state index in [0.717, 1.165) is 13.0 Å². The molecule has 0 saturated carbocycles. The number of fused-ring (bicyclic) bond motifs is 1. The van der Waals surface area contributed by atoms with Gasteiger partial charge in [0.15, 0.2) is 0 Å². The molecule has 0 radical (unpaired) electrons. The zero-order chi connectivity index (χ0) is 21.8. The average Bonchev–Trinajstić information content (AvgIpc) is 3.12. The van der Waals surface area contributed by atoms with Crippen molar-refractivity contribution in [2.75, 3.05) is 19.0 Å². The fraction of sp³-hybridized carbons (Fsp3) is 0.310. The van der Waals surface area contributed by atoms with Gasteiger partial charge < -0.3 is 9.47 Å². The lowest BCUT2D eigenvalue weighted by molar-refractivity contribution is 0.624. The quantitative estimate of drug-likeness (QED) is 0.297. The van der Waals surface area contributed by atoms with Gasteiger partial charge in [-0.25, -0.2) is 0 Å². The Hall–Kier alpha value is -3.00. The summed E-state index contributed by atoms with van der Waals surface area (Å²) in [6.07, 6.45) is 3.45. The molecule has 2 nitrogen and oxygen atoms in total. The Kier molecular flexibility index (Phi) is 6.46. The molecule has 0 N–H and O–H groups in total. The van der Waals surface area contributed by atoms with E-state index in [9.17, 15) is 0 Å². The largest absolute Gasteiger partial charge is 0.378 e. The van der Waals surface area contributed by atoms with Crippen LogP contribution in [-0.2, 0) is 13.0 Å². The summed E-state index contributed by atoms with van der Waals surface area (Å²) in [6.45, 7) is 5.66. The van der Waals surface area contributed by atoms with E-state index in [0.29, 0.717) is 0 Å². The van der Waals surface area contributed by atoms with Crippen LogP contribution in [0, 0.1) is 0 Å². The highest BCUT2D eigenvalue weighted by Gasteiger charge is 2.25. The smallest absolute Gasteiger partial charge is 0.0485 e. The van der Waals surface area contributed by atoms with Gasteiger partial charge in [0.05, 0.1) is 0 Å². The number of anilines is 1. The van der Waals surface area contributed by atoms with Crippen LogP contribution in [0.5, 0.6) is 0 Å². The van der Waals surface area contributed by atoms with Crippen molar-refractivity contribution >= 4 is 16.6 Å². The first-order valence-corrected chi connectivity index (χ1v) is 11.6. The Morgan fingerprint density at radius 1 is 0.774 bits per heavy atom. The number of aromatic nitrogens is 1. The van der Waals surface area contributed by atoms with Crippen LogP contribution >= 0.6 is 0 Å².